The third-order valence-electron chi connectivity index (χ3n) is 7.46. The number of carboxylic acids is 1. The Balaban J connectivity index is 1.43. The molecule has 1 saturated heterocycles. The van der Waals surface area contributed by atoms with Gasteiger partial charge in [-0.3, -0.25) is 14.3 Å². The predicted molar refractivity (Wildman–Crippen MR) is 153 cm³/mol. The fourth-order valence-electron chi connectivity index (χ4n) is 5.42. The molecule has 2 amide bonds. The van der Waals surface area contributed by atoms with Crippen LogP contribution in [0.1, 0.15) is 32.1 Å². The highest BCUT2D eigenvalue weighted by atomic mass is 35.5. The number of carbonyl (C=O) groups excluding carboxylic acids is 2. The van der Waals surface area contributed by atoms with Crippen molar-refractivity contribution in [1.29, 1.82) is 0 Å². The number of hydrogen-bond acceptors (Lipinski definition) is 6. The van der Waals surface area contributed by atoms with Gasteiger partial charge in [0.15, 0.2) is 5.96 Å². The van der Waals surface area contributed by atoms with Crippen molar-refractivity contribution in [1.82, 2.24) is 20.0 Å². The number of carboxylic acid groups (broad SMARTS) is 1. The van der Waals surface area contributed by atoms with E-state index in [2.05, 4.69) is 15.4 Å². The van der Waals surface area contributed by atoms with Crippen molar-refractivity contribution in [3.05, 3.63) is 34.3 Å². The maximum Gasteiger partial charge on any atom is 0.328 e. The Morgan fingerprint density at radius 2 is 1.90 bits per heavy atom. The summed E-state index contributed by atoms with van der Waals surface area (Å²) in [6, 6.07) is 5.19. The number of guanidine groups is 1. The molecule has 2 heterocycles. The maximum atomic E-state index is 13.0. The van der Waals surface area contributed by atoms with Crippen LogP contribution in [0.2, 0.25) is 10.0 Å². The van der Waals surface area contributed by atoms with Crippen LogP contribution in [-0.4, -0.2) is 81.8 Å². The van der Waals surface area contributed by atoms with Gasteiger partial charge in [-0.2, -0.15) is 5.10 Å². The molecule has 6 N–H and O–H groups in total. The monoisotopic (exact) mass is 592 g/mol. The molecule has 1 aliphatic carbocycles. The number of amides is 2. The van der Waals surface area contributed by atoms with Crippen molar-refractivity contribution in [2.75, 3.05) is 31.1 Å². The number of rotatable bonds is 8. The zero-order valence-electron chi connectivity index (χ0n) is 22.2. The quantitative estimate of drug-likeness (QED) is 0.265. The highest BCUT2D eigenvalue weighted by molar-refractivity contribution is 6.43. The Morgan fingerprint density at radius 1 is 1.18 bits per heavy atom. The molecule has 0 bridgehead atoms. The summed E-state index contributed by atoms with van der Waals surface area (Å²) >= 11 is 12.5. The first-order valence-corrected chi connectivity index (χ1v) is 13.9. The lowest BCUT2D eigenvalue weighted by molar-refractivity contribution is -0.141. The molecule has 1 aliphatic heterocycles. The number of aromatic nitrogens is 2. The molecule has 2 atom stereocenters. The van der Waals surface area contributed by atoms with Crippen molar-refractivity contribution < 1.29 is 19.5 Å². The largest absolute Gasteiger partial charge is 0.480 e. The molecular formula is C26H34Cl2N8O4. The molecule has 1 saturated carbocycles. The number of nitrogens with zero attached hydrogens (tertiary/aromatic N) is 5. The number of aliphatic imine (C=N–C) groups is 1. The summed E-state index contributed by atoms with van der Waals surface area (Å²) in [7, 11) is 1.71. The summed E-state index contributed by atoms with van der Waals surface area (Å²) in [5, 5.41) is 17.9. The summed E-state index contributed by atoms with van der Waals surface area (Å²) in [6.07, 6.45) is 4.78. The van der Waals surface area contributed by atoms with Gasteiger partial charge in [-0.15, -0.1) is 0 Å². The number of benzene rings is 1. The van der Waals surface area contributed by atoms with Crippen molar-refractivity contribution in [3.8, 4) is 11.3 Å². The van der Waals surface area contributed by atoms with Gasteiger partial charge in [0.1, 0.15) is 17.9 Å². The first-order chi connectivity index (χ1) is 19.1. The van der Waals surface area contributed by atoms with Crippen LogP contribution in [0, 0.1) is 5.92 Å². The number of nitrogens with one attached hydrogen (secondary N) is 1. The lowest BCUT2D eigenvalue weighted by atomic mass is 9.83. The van der Waals surface area contributed by atoms with Crippen LogP contribution in [0.15, 0.2) is 29.3 Å². The van der Waals surface area contributed by atoms with Gasteiger partial charge in [-0.1, -0.05) is 54.6 Å². The van der Waals surface area contributed by atoms with Crippen LogP contribution < -0.4 is 21.7 Å². The molecule has 14 heteroatoms. The van der Waals surface area contributed by atoms with E-state index in [1.165, 1.54) is 4.90 Å². The molecule has 1 aromatic carbocycles. The second-order valence-corrected chi connectivity index (χ2v) is 10.9. The Kier molecular flexibility index (Phi) is 9.41. The average molecular weight is 594 g/mol. The Hall–Kier alpha value is -3.51. The normalized spacial score (nSPS) is 18.7. The number of aryl methyl sites for hydroxylation is 1. The summed E-state index contributed by atoms with van der Waals surface area (Å²) in [5.74, 6) is -1.49. The molecule has 2 fully saturated rings. The summed E-state index contributed by atoms with van der Waals surface area (Å²) < 4.78 is 1.58. The van der Waals surface area contributed by atoms with E-state index in [4.69, 9.17) is 34.7 Å². The highest BCUT2D eigenvalue weighted by Gasteiger charge is 2.36. The Labute approximate surface area is 242 Å². The predicted octanol–water partition coefficient (Wildman–Crippen LogP) is 1.83. The lowest BCUT2D eigenvalue weighted by Crippen LogP contribution is -2.59. The maximum absolute atomic E-state index is 13.0. The van der Waals surface area contributed by atoms with Crippen LogP contribution >= 0.6 is 23.2 Å². The zero-order chi connectivity index (χ0) is 29.0. The van der Waals surface area contributed by atoms with E-state index in [0.29, 0.717) is 27.1 Å². The molecule has 2 aliphatic rings. The minimum atomic E-state index is -1.09. The topological polar surface area (TPSA) is 172 Å². The third kappa shape index (κ3) is 6.61. The number of nitrogens with two attached hydrogens (primary N) is 2. The fourth-order valence-corrected chi connectivity index (χ4v) is 5.82. The minimum Gasteiger partial charge on any atom is -0.480 e. The lowest BCUT2D eigenvalue weighted by Gasteiger charge is -2.40. The van der Waals surface area contributed by atoms with E-state index in [9.17, 15) is 19.5 Å². The number of halogens is 2. The fraction of sp³-hybridized carbons (Fsp3) is 0.500. The van der Waals surface area contributed by atoms with E-state index in [1.54, 1.807) is 40.9 Å². The van der Waals surface area contributed by atoms with E-state index in [-0.39, 0.29) is 44.0 Å². The van der Waals surface area contributed by atoms with Crippen molar-refractivity contribution in [2.24, 2.45) is 29.4 Å². The molecule has 1 aromatic heterocycles. The van der Waals surface area contributed by atoms with Crippen LogP contribution in [0.5, 0.6) is 0 Å². The van der Waals surface area contributed by atoms with Gasteiger partial charge >= 0.3 is 5.97 Å². The first-order valence-electron chi connectivity index (χ1n) is 13.2. The second-order valence-electron chi connectivity index (χ2n) is 10.1. The summed E-state index contributed by atoms with van der Waals surface area (Å²) in [4.78, 5) is 45.5. The van der Waals surface area contributed by atoms with Crippen LogP contribution in [0.25, 0.3) is 11.3 Å². The molecule has 216 valence electrons. The van der Waals surface area contributed by atoms with Gasteiger partial charge < -0.3 is 31.7 Å². The second kappa shape index (κ2) is 12.8. The number of aliphatic carboxylic acids is 1. The molecule has 12 nitrogen and oxygen atoms in total. The van der Waals surface area contributed by atoms with Crippen molar-refractivity contribution in [3.63, 3.8) is 0 Å². The van der Waals surface area contributed by atoms with Gasteiger partial charge in [0.05, 0.1) is 28.8 Å². The van der Waals surface area contributed by atoms with E-state index in [0.717, 1.165) is 32.1 Å². The number of carbonyl (C=O) groups is 3. The smallest absolute Gasteiger partial charge is 0.328 e. The number of hydrogen-bond donors (Lipinski definition) is 4. The summed E-state index contributed by atoms with van der Waals surface area (Å²) in [6.45, 7) is 0.161. The first kappa shape index (κ1) is 29.5. The van der Waals surface area contributed by atoms with Crippen molar-refractivity contribution >= 4 is 52.8 Å². The molecule has 0 radical (unpaired) electrons. The average Bonchev–Trinajstić information content (AvgIpc) is 3.32. The van der Waals surface area contributed by atoms with Gasteiger partial charge in [0.2, 0.25) is 11.8 Å². The van der Waals surface area contributed by atoms with E-state index >= 15 is 0 Å². The number of piperazine rings is 1. The molecule has 0 spiro atoms. The minimum absolute atomic E-state index is 0.0106. The highest BCUT2D eigenvalue weighted by Crippen LogP contribution is 2.35. The Bertz CT molecular complexity index is 1290. The molecule has 1 unspecified atom stereocenters. The van der Waals surface area contributed by atoms with Gasteiger partial charge in [-0.25, -0.2) is 9.79 Å². The van der Waals surface area contributed by atoms with Crippen LogP contribution in [-0.2, 0) is 21.4 Å². The van der Waals surface area contributed by atoms with Gasteiger partial charge in [-0.05, 0) is 24.8 Å². The number of anilines is 1. The third-order valence-corrected chi connectivity index (χ3v) is 8.28. The molecule has 2 aromatic rings. The molecule has 4 rings (SSSR count). The SMILES string of the molecule is Cn1nc(-c2cccc(Cl)c2Cl)cc1N1CCN(C(=O)CNC(=O)[C@H](N=C(N)N)C2CCCCC2)CC1C(=O)O. The van der Waals surface area contributed by atoms with E-state index in [1.807, 2.05) is 0 Å². The molecular weight excluding hydrogens is 559 g/mol. The standard InChI is InChI=1S/C26H34Cl2N8O4/c1-34-20(12-18(33-34)16-8-5-9-17(27)22(16)28)36-11-10-35(14-19(36)25(39)40)21(37)13-31-24(38)23(32-26(29)30)15-6-3-2-4-7-15/h5,8-9,12,15,19,23H,2-4,6-7,10-11,13-14H2,1H3,(H,31,38)(H,39,40)(H4,29,30,32)/t19?,23-/m1/s1. The summed E-state index contributed by atoms with van der Waals surface area (Å²) in [5.41, 5.74) is 12.3. The van der Waals surface area contributed by atoms with Gasteiger partial charge in [0.25, 0.3) is 0 Å². The zero-order valence-corrected chi connectivity index (χ0v) is 23.7. The van der Waals surface area contributed by atoms with Crippen LogP contribution in [0.3, 0.4) is 0 Å². The van der Waals surface area contributed by atoms with Crippen LogP contribution in [0.4, 0.5) is 5.82 Å². The van der Waals surface area contributed by atoms with E-state index < -0.39 is 24.0 Å². The Morgan fingerprint density at radius 3 is 2.58 bits per heavy atom. The van der Waals surface area contributed by atoms with Gasteiger partial charge in [0, 0.05) is 31.8 Å². The molecule has 40 heavy (non-hydrogen) atoms. The van der Waals surface area contributed by atoms with Crippen molar-refractivity contribution in [2.45, 2.75) is 44.2 Å².